The van der Waals surface area contributed by atoms with Gasteiger partial charge in [0, 0.05) is 28.2 Å². The molecule has 0 amide bonds. The zero-order chi connectivity index (χ0) is 13.0. The summed E-state index contributed by atoms with van der Waals surface area (Å²) in [7, 11) is 1.33. The Hall–Kier alpha value is -2.54. The lowest BCUT2D eigenvalue weighted by molar-refractivity contribution is -0.139. The van der Waals surface area contributed by atoms with Gasteiger partial charge in [-0.25, -0.2) is 0 Å². The Morgan fingerprint density at radius 2 is 2.33 bits per heavy atom. The van der Waals surface area contributed by atoms with E-state index >= 15 is 0 Å². The van der Waals surface area contributed by atoms with E-state index in [4.69, 9.17) is 0 Å². The molecule has 1 N–H and O–H groups in total. The minimum absolute atomic E-state index is 0.0577. The van der Waals surface area contributed by atoms with Crippen LogP contribution in [0.2, 0.25) is 0 Å². The first-order chi connectivity index (χ1) is 8.74. The molecule has 1 aromatic heterocycles. The molecule has 0 radical (unpaired) electrons. The number of benzene rings is 1. The number of aldehydes is 1. The van der Waals surface area contributed by atoms with Gasteiger partial charge in [0.2, 0.25) is 0 Å². The van der Waals surface area contributed by atoms with E-state index in [0.29, 0.717) is 5.56 Å². The van der Waals surface area contributed by atoms with Crippen LogP contribution in [-0.2, 0) is 9.53 Å². The quantitative estimate of drug-likeness (QED) is 0.496. The zero-order valence-electron chi connectivity index (χ0n) is 9.82. The molecule has 18 heavy (non-hydrogen) atoms. The molecule has 1 aromatic carbocycles. The van der Waals surface area contributed by atoms with Gasteiger partial charge in [-0.05, 0) is 18.2 Å². The van der Waals surface area contributed by atoms with Crippen molar-refractivity contribution in [1.82, 2.24) is 4.98 Å². The van der Waals surface area contributed by atoms with Crippen LogP contribution in [0, 0.1) is 11.8 Å². The third-order valence-electron chi connectivity index (χ3n) is 2.53. The third-order valence-corrected chi connectivity index (χ3v) is 2.53. The van der Waals surface area contributed by atoms with Crippen LogP contribution in [-0.4, -0.2) is 24.3 Å². The van der Waals surface area contributed by atoms with Crippen molar-refractivity contribution in [2.24, 2.45) is 0 Å². The number of carbonyl (C=O) groups excluding carboxylic acids is 2. The molecule has 0 aliphatic rings. The minimum Gasteiger partial charge on any atom is -0.468 e. The average Bonchev–Trinajstić information content (AvgIpc) is 2.80. The number of aromatic amines is 1. The number of hydrogen-bond donors (Lipinski definition) is 1. The number of carbonyl (C=O) groups is 2. The smallest absolute Gasteiger partial charge is 0.317 e. The van der Waals surface area contributed by atoms with E-state index < -0.39 is 0 Å². The SMILES string of the molecule is COC(=O)CC#Cc1ccc2[nH]cc(C=O)c2c1. The molecule has 0 saturated carbocycles. The normalized spacial score (nSPS) is 9.61. The lowest BCUT2D eigenvalue weighted by Gasteiger charge is -1.93. The number of hydrogen-bond acceptors (Lipinski definition) is 3. The highest BCUT2D eigenvalue weighted by Gasteiger charge is 2.02. The molecule has 0 bridgehead atoms. The highest BCUT2D eigenvalue weighted by molar-refractivity contribution is 5.97. The first-order valence-electron chi connectivity index (χ1n) is 5.36. The van der Waals surface area contributed by atoms with Crippen molar-refractivity contribution in [2.75, 3.05) is 7.11 Å². The topological polar surface area (TPSA) is 59.2 Å². The molecule has 1 heterocycles. The van der Waals surface area contributed by atoms with Gasteiger partial charge in [0.15, 0.2) is 6.29 Å². The van der Waals surface area contributed by atoms with E-state index in [-0.39, 0.29) is 12.4 Å². The molecule has 0 aliphatic heterocycles. The predicted molar refractivity (Wildman–Crippen MR) is 67.2 cm³/mol. The van der Waals surface area contributed by atoms with Crippen LogP contribution in [0.3, 0.4) is 0 Å². The van der Waals surface area contributed by atoms with Gasteiger partial charge >= 0.3 is 5.97 Å². The second-order valence-corrected chi connectivity index (χ2v) is 3.68. The number of ether oxygens (including phenoxy) is 1. The molecule has 0 atom stereocenters. The highest BCUT2D eigenvalue weighted by atomic mass is 16.5. The largest absolute Gasteiger partial charge is 0.468 e. The van der Waals surface area contributed by atoms with Crippen LogP contribution < -0.4 is 0 Å². The Morgan fingerprint density at radius 1 is 1.50 bits per heavy atom. The van der Waals surface area contributed by atoms with Gasteiger partial charge in [-0.15, -0.1) is 0 Å². The maximum atomic E-state index is 10.9. The van der Waals surface area contributed by atoms with Crippen LogP contribution in [0.1, 0.15) is 22.3 Å². The van der Waals surface area contributed by atoms with Crippen LogP contribution in [0.4, 0.5) is 0 Å². The molecule has 0 saturated heterocycles. The zero-order valence-corrected chi connectivity index (χ0v) is 9.82. The third kappa shape index (κ3) is 2.41. The Labute approximate surface area is 104 Å². The van der Waals surface area contributed by atoms with Crippen LogP contribution in [0.5, 0.6) is 0 Å². The standard InChI is InChI=1S/C14H11NO3/c1-18-14(17)4-2-3-10-5-6-13-12(7-10)11(9-16)8-15-13/h5-9,15H,4H2,1H3. The monoisotopic (exact) mass is 241 g/mol. The molecule has 0 aliphatic carbocycles. The predicted octanol–water partition coefficient (Wildman–Crippen LogP) is 1.89. The number of methoxy groups -OCH3 is 1. The van der Waals surface area contributed by atoms with Crippen molar-refractivity contribution >= 4 is 23.2 Å². The molecule has 90 valence electrons. The number of nitrogens with one attached hydrogen (secondary N) is 1. The molecule has 0 unspecified atom stereocenters. The van der Waals surface area contributed by atoms with Gasteiger partial charge in [-0.1, -0.05) is 11.8 Å². The lowest BCUT2D eigenvalue weighted by Crippen LogP contribution is -1.96. The van der Waals surface area contributed by atoms with E-state index in [1.807, 2.05) is 18.2 Å². The lowest BCUT2D eigenvalue weighted by atomic mass is 10.1. The number of esters is 1. The molecule has 2 aromatic rings. The van der Waals surface area contributed by atoms with Crippen LogP contribution in [0.15, 0.2) is 24.4 Å². The Morgan fingerprint density at radius 3 is 3.06 bits per heavy atom. The summed E-state index contributed by atoms with van der Waals surface area (Å²) < 4.78 is 4.49. The highest BCUT2D eigenvalue weighted by Crippen LogP contribution is 2.18. The Kier molecular flexibility index (Phi) is 3.44. The second kappa shape index (κ2) is 5.19. The van der Waals surface area contributed by atoms with Crippen molar-refractivity contribution in [3.63, 3.8) is 0 Å². The summed E-state index contributed by atoms with van der Waals surface area (Å²) >= 11 is 0. The second-order valence-electron chi connectivity index (χ2n) is 3.68. The number of aromatic nitrogens is 1. The molecular weight excluding hydrogens is 230 g/mol. The summed E-state index contributed by atoms with van der Waals surface area (Å²) in [4.78, 5) is 24.7. The molecule has 4 heteroatoms. The summed E-state index contributed by atoms with van der Waals surface area (Å²) in [5.41, 5.74) is 2.24. The van der Waals surface area contributed by atoms with E-state index in [1.54, 1.807) is 6.20 Å². The molecule has 2 rings (SSSR count). The maximum absolute atomic E-state index is 10.9. The Balaban J connectivity index is 2.29. The van der Waals surface area contributed by atoms with Crippen molar-refractivity contribution < 1.29 is 14.3 Å². The van der Waals surface area contributed by atoms with Crippen LogP contribution in [0.25, 0.3) is 10.9 Å². The van der Waals surface area contributed by atoms with Crippen molar-refractivity contribution in [3.8, 4) is 11.8 Å². The Bertz CT molecular complexity index is 658. The maximum Gasteiger partial charge on any atom is 0.317 e. The number of rotatable bonds is 2. The molecular formula is C14H11NO3. The average molecular weight is 241 g/mol. The van der Waals surface area contributed by atoms with Gasteiger partial charge in [0.25, 0.3) is 0 Å². The van der Waals surface area contributed by atoms with E-state index in [0.717, 1.165) is 22.8 Å². The fourth-order valence-corrected chi connectivity index (χ4v) is 1.61. The summed E-state index contributed by atoms with van der Waals surface area (Å²) in [5, 5.41) is 0.829. The summed E-state index contributed by atoms with van der Waals surface area (Å²) in [6, 6.07) is 5.50. The van der Waals surface area contributed by atoms with Gasteiger partial charge < -0.3 is 9.72 Å². The fraction of sp³-hybridized carbons (Fsp3) is 0.143. The van der Waals surface area contributed by atoms with Crippen molar-refractivity contribution in [1.29, 1.82) is 0 Å². The first kappa shape index (κ1) is 11.9. The van der Waals surface area contributed by atoms with Gasteiger partial charge in [0.05, 0.1) is 7.11 Å². The van der Waals surface area contributed by atoms with Crippen molar-refractivity contribution in [3.05, 3.63) is 35.5 Å². The van der Waals surface area contributed by atoms with E-state index in [1.165, 1.54) is 7.11 Å². The summed E-state index contributed by atoms with van der Waals surface area (Å²) in [6.45, 7) is 0. The van der Waals surface area contributed by atoms with Gasteiger partial charge in [-0.2, -0.15) is 0 Å². The molecule has 0 spiro atoms. The minimum atomic E-state index is -0.362. The fourth-order valence-electron chi connectivity index (χ4n) is 1.61. The van der Waals surface area contributed by atoms with E-state index in [9.17, 15) is 9.59 Å². The summed E-state index contributed by atoms with van der Waals surface area (Å²) in [6.07, 6.45) is 2.51. The van der Waals surface area contributed by atoms with E-state index in [2.05, 4.69) is 21.6 Å². The van der Waals surface area contributed by atoms with Crippen LogP contribution >= 0.6 is 0 Å². The van der Waals surface area contributed by atoms with Gasteiger partial charge in [0.1, 0.15) is 6.42 Å². The van der Waals surface area contributed by atoms with Gasteiger partial charge in [-0.3, -0.25) is 9.59 Å². The van der Waals surface area contributed by atoms with Crippen molar-refractivity contribution in [2.45, 2.75) is 6.42 Å². The first-order valence-corrected chi connectivity index (χ1v) is 5.36. The number of H-pyrrole nitrogens is 1. The number of fused-ring (bicyclic) bond motifs is 1. The molecule has 4 nitrogen and oxygen atoms in total. The molecule has 0 fully saturated rings. The summed E-state index contributed by atoms with van der Waals surface area (Å²) in [5.74, 6) is 5.22.